The number of hydrogen-bond donors (Lipinski definition) is 0. The zero-order valence-electron chi connectivity index (χ0n) is 11.8. The van der Waals surface area contributed by atoms with E-state index in [1.807, 2.05) is 29.6 Å². The van der Waals surface area contributed by atoms with Crippen molar-refractivity contribution in [1.29, 1.82) is 0 Å². The molecule has 0 radical (unpaired) electrons. The van der Waals surface area contributed by atoms with Crippen molar-refractivity contribution in [2.45, 2.75) is 25.7 Å². The second-order valence-corrected chi connectivity index (χ2v) is 6.58. The lowest BCUT2D eigenvalue weighted by Gasteiger charge is -2.16. The smallest absolute Gasteiger partial charge is 0.194 e. The van der Waals surface area contributed by atoms with E-state index < -0.39 is 0 Å². The van der Waals surface area contributed by atoms with Crippen LogP contribution in [-0.4, -0.2) is 5.78 Å². The van der Waals surface area contributed by atoms with Crippen molar-refractivity contribution < 1.29 is 4.79 Å². The molecule has 4 rings (SSSR count). The van der Waals surface area contributed by atoms with Gasteiger partial charge in [-0.2, -0.15) is 0 Å². The second-order valence-electron chi connectivity index (χ2n) is 5.67. The third kappa shape index (κ3) is 2.20. The molecule has 1 aliphatic carbocycles. The van der Waals surface area contributed by atoms with Gasteiger partial charge < -0.3 is 0 Å². The number of ketones is 1. The van der Waals surface area contributed by atoms with Gasteiger partial charge in [-0.15, -0.1) is 11.3 Å². The summed E-state index contributed by atoms with van der Waals surface area (Å²) in [6.45, 7) is 0. The van der Waals surface area contributed by atoms with Crippen molar-refractivity contribution in [2.75, 3.05) is 0 Å². The monoisotopic (exact) mass is 292 g/mol. The van der Waals surface area contributed by atoms with Crippen LogP contribution in [0.25, 0.3) is 10.1 Å². The van der Waals surface area contributed by atoms with Crippen LogP contribution < -0.4 is 0 Å². The van der Waals surface area contributed by atoms with Crippen LogP contribution in [0.4, 0.5) is 0 Å². The number of fused-ring (bicyclic) bond motifs is 2. The van der Waals surface area contributed by atoms with Crippen molar-refractivity contribution in [1.82, 2.24) is 0 Å². The summed E-state index contributed by atoms with van der Waals surface area (Å²) in [4.78, 5) is 12.8. The third-order valence-corrected chi connectivity index (χ3v) is 5.30. The summed E-state index contributed by atoms with van der Waals surface area (Å²) >= 11 is 1.64. The van der Waals surface area contributed by atoms with Crippen molar-refractivity contribution in [3.05, 3.63) is 70.1 Å². The Morgan fingerprint density at radius 1 is 0.952 bits per heavy atom. The Morgan fingerprint density at radius 2 is 1.76 bits per heavy atom. The van der Waals surface area contributed by atoms with Gasteiger partial charge in [0.25, 0.3) is 0 Å². The van der Waals surface area contributed by atoms with Crippen molar-refractivity contribution >= 4 is 27.2 Å². The Hall–Kier alpha value is -1.93. The van der Waals surface area contributed by atoms with Gasteiger partial charge in [-0.3, -0.25) is 4.79 Å². The molecule has 0 spiro atoms. The molecule has 1 aliphatic rings. The van der Waals surface area contributed by atoms with Gasteiger partial charge >= 0.3 is 0 Å². The fraction of sp³-hybridized carbons (Fsp3) is 0.211. The van der Waals surface area contributed by atoms with Gasteiger partial charge in [-0.1, -0.05) is 30.3 Å². The summed E-state index contributed by atoms with van der Waals surface area (Å²) in [6.07, 6.45) is 4.79. The second kappa shape index (κ2) is 5.12. The van der Waals surface area contributed by atoms with E-state index in [2.05, 4.69) is 18.2 Å². The first-order valence-corrected chi connectivity index (χ1v) is 8.33. The Kier molecular flexibility index (Phi) is 3.12. The van der Waals surface area contributed by atoms with E-state index in [1.54, 1.807) is 11.3 Å². The number of carbonyl (C=O) groups is 1. The Balaban J connectivity index is 1.77. The molecule has 0 N–H and O–H groups in total. The van der Waals surface area contributed by atoms with Crippen molar-refractivity contribution in [3.63, 3.8) is 0 Å². The number of rotatable bonds is 2. The quantitative estimate of drug-likeness (QED) is 0.607. The molecule has 0 atom stereocenters. The minimum Gasteiger partial charge on any atom is -0.289 e. The molecule has 0 aliphatic heterocycles. The number of hydrogen-bond acceptors (Lipinski definition) is 2. The molecule has 0 fully saturated rings. The molecule has 104 valence electrons. The lowest BCUT2D eigenvalue weighted by Crippen LogP contribution is -2.06. The zero-order chi connectivity index (χ0) is 14.2. The molecule has 0 amide bonds. The van der Waals surface area contributed by atoms with Crippen LogP contribution in [0, 0.1) is 0 Å². The lowest BCUT2D eigenvalue weighted by atomic mass is 9.89. The summed E-state index contributed by atoms with van der Waals surface area (Å²) in [6, 6.07) is 14.4. The molecule has 0 unspecified atom stereocenters. The van der Waals surface area contributed by atoms with Crippen LogP contribution in [0.15, 0.2) is 47.8 Å². The number of thiophene rings is 1. The van der Waals surface area contributed by atoms with Gasteiger partial charge in [0, 0.05) is 26.6 Å². The fourth-order valence-electron chi connectivity index (χ4n) is 3.18. The summed E-state index contributed by atoms with van der Waals surface area (Å²) in [5.41, 5.74) is 4.46. The molecule has 2 heteroatoms. The van der Waals surface area contributed by atoms with Gasteiger partial charge in [-0.05, 0) is 48.9 Å². The first-order chi connectivity index (χ1) is 10.3. The Labute approximate surface area is 128 Å². The van der Waals surface area contributed by atoms with E-state index in [1.165, 1.54) is 28.7 Å². The lowest BCUT2D eigenvalue weighted by molar-refractivity contribution is 0.104. The van der Waals surface area contributed by atoms with E-state index >= 15 is 0 Å². The van der Waals surface area contributed by atoms with Crippen LogP contribution in [0.3, 0.4) is 0 Å². The molecule has 0 bridgehead atoms. The molecule has 2 aromatic carbocycles. The third-order valence-electron chi connectivity index (χ3n) is 4.34. The predicted octanol–water partition coefficient (Wildman–Crippen LogP) is 5.01. The van der Waals surface area contributed by atoms with E-state index in [4.69, 9.17) is 0 Å². The maximum Gasteiger partial charge on any atom is 0.194 e. The topological polar surface area (TPSA) is 17.1 Å². The first kappa shape index (κ1) is 12.8. The molecule has 1 aromatic heterocycles. The highest BCUT2D eigenvalue weighted by Gasteiger charge is 2.16. The van der Waals surface area contributed by atoms with Gasteiger partial charge in [0.15, 0.2) is 5.78 Å². The van der Waals surface area contributed by atoms with E-state index in [0.29, 0.717) is 0 Å². The number of aryl methyl sites for hydroxylation is 2. The van der Waals surface area contributed by atoms with Crippen molar-refractivity contribution in [2.24, 2.45) is 0 Å². The minimum absolute atomic E-state index is 0.154. The van der Waals surface area contributed by atoms with Gasteiger partial charge in [0.05, 0.1) is 0 Å². The molecule has 3 aromatic rings. The maximum atomic E-state index is 12.8. The largest absolute Gasteiger partial charge is 0.289 e. The zero-order valence-corrected chi connectivity index (χ0v) is 12.6. The van der Waals surface area contributed by atoms with E-state index in [-0.39, 0.29) is 5.78 Å². The molecular formula is C19H16OS. The van der Waals surface area contributed by atoms with Crippen LogP contribution in [0.5, 0.6) is 0 Å². The molecule has 0 saturated heterocycles. The van der Waals surface area contributed by atoms with E-state index in [9.17, 15) is 4.79 Å². The van der Waals surface area contributed by atoms with Crippen LogP contribution in [0.1, 0.15) is 39.9 Å². The highest BCUT2D eigenvalue weighted by atomic mass is 32.1. The summed E-state index contributed by atoms with van der Waals surface area (Å²) in [5.74, 6) is 0.154. The van der Waals surface area contributed by atoms with Crippen LogP contribution in [0.2, 0.25) is 0 Å². The molecule has 0 saturated carbocycles. The van der Waals surface area contributed by atoms with Gasteiger partial charge in [0.1, 0.15) is 0 Å². The first-order valence-electron chi connectivity index (χ1n) is 7.46. The van der Waals surface area contributed by atoms with Crippen LogP contribution >= 0.6 is 11.3 Å². The summed E-state index contributed by atoms with van der Waals surface area (Å²) in [5, 5.41) is 3.07. The number of carbonyl (C=O) groups excluding carboxylic acids is 1. The summed E-state index contributed by atoms with van der Waals surface area (Å²) in [7, 11) is 0. The predicted molar refractivity (Wildman–Crippen MR) is 88.3 cm³/mol. The maximum absolute atomic E-state index is 12.8. The molecular weight excluding hydrogens is 276 g/mol. The average Bonchev–Trinajstić information content (AvgIpc) is 2.98. The van der Waals surface area contributed by atoms with Crippen LogP contribution in [-0.2, 0) is 12.8 Å². The molecule has 21 heavy (non-hydrogen) atoms. The molecule has 1 nitrogen and oxygen atoms in total. The standard InChI is InChI=1S/C19H16OS/c20-19(17-12-21-18-8-4-3-7-16(17)18)15-10-9-13-5-1-2-6-14(13)11-15/h3-4,7-12H,1-2,5-6H2. The fourth-order valence-corrected chi connectivity index (χ4v) is 4.12. The van der Waals surface area contributed by atoms with Crippen molar-refractivity contribution in [3.8, 4) is 0 Å². The van der Waals surface area contributed by atoms with Gasteiger partial charge in [0.2, 0.25) is 0 Å². The molecule has 1 heterocycles. The average molecular weight is 292 g/mol. The van der Waals surface area contributed by atoms with Gasteiger partial charge in [-0.25, -0.2) is 0 Å². The highest BCUT2D eigenvalue weighted by Crippen LogP contribution is 2.29. The summed E-state index contributed by atoms with van der Waals surface area (Å²) < 4.78 is 1.18. The SMILES string of the molecule is O=C(c1ccc2c(c1)CCCC2)c1csc2ccccc12. The minimum atomic E-state index is 0.154. The highest BCUT2D eigenvalue weighted by molar-refractivity contribution is 7.17. The normalized spacial score (nSPS) is 14.1. The Morgan fingerprint density at radius 3 is 2.67 bits per heavy atom. The number of benzene rings is 2. The Bertz CT molecular complexity index is 828. The van der Waals surface area contributed by atoms with E-state index in [0.717, 1.165) is 29.4 Å².